The minimum Gasteiger partial charge on any atom is -0.316 e. The third-order valence-electron chi connectivity index (χ3n) is 2.77. The second-order valence-electron chi connectivity index (χ2n) is 4.63. The lowest BCUT2D eigenvalue weighted by molar-refractivity contribution is -0.136. The third-order valence-corrected chi connectivity index (χ3v) is 4.63. The van der Waals surface area contributed by atoms with Crippen LogP contribution in [0.1, 0.15) is 18.9 Å². The Morgan fingerprint density at radius 3 is 2.19 bits per heavy atom. The lowest BCUT2D eigenvalue weighted by Gasteiger charge is -2.23. The van der Waals surface area contributed by atoms with Crippen molar-refractivity contribution >= 4 is 10.0 Å². The van der Waals surface area contributed by atoms with Crippen LogP contribution in [0.4, 0.5) is 13.2 Å². The molecule has 8 heteroatoms. The van der Waals surface area contributed by atoms with Crippen molar-refractivity contribution in [2.24, 2.45) is 0 Å². The van der Waals surface area contributed by atoms with Gasteiger partial charge in [0, 0.05) is 13.1 Å². The van der Waals surface area contributed by atoms with Crippen molar-refractivity contribution in [1.82, 2.24) is 9.62 Å². The molecule has 1 aromatic rings. The molecule has 0 saturated heterocycles. The van der Waals surface area contributed by atoms with E-state index in [9.17, 15) is 21.6 Å². The summed E-state index contributed by atoms with van der Waals surface area (Å²) in [6.07, 6.45) is -4.25. The Bertz CT molecular complexity index is 542. The standard InChI is InChI=1S/C13H19F3N2O2S/c1-3-8-18(10-13(14,15)16)21(19,20)12-6-4-11(5-7-12)9-17-2/h4-7,17H,3,8-10H2,1-2H3. The summed E-state index contributed by atoms with van der Waals surface area (Å²) in [5.41, 5.74) is 0.856. The summed E-state index contributed by atoms with van der Waals surface area (Å²) in [7, 11) is -2.39. The molecule has 21 heavy (non-hydrogen) atoms. The molecule has 0 bridgehead atoms. The van der Waals surface area contributed by atoms with Crippen molar-refractivity contribution in [2.45, 2.75) is 31.0 Å². The van der Waals surface area contributed by atoms with Gasteiger partial charge in [0.15, 0.2) is 0 Å². The Labute approximate surface area is 123 Å². The lowest BCUT2D eigenvalue weighted by atomic mass is 10.2. The number of nitrogens with zero attached hydrogens (tertiary/aromatic N) is 1. The molecule has 0 spiro atoms. The first kappa shape index (κ1) is 17.9. The highest BCUT2D eigenvalue weighted by atomic mass is 32.2. The van der Waals surface area contributed by atoms with Crippen LogP contribution in [0.15, 0.2) is 29.2 Å². The van der Waals surface area contributed by atoms with Gasteiger partial charge in [0.05, 0.1) is 4.90 Å². The molecule has 0 fully saturated rings. The van der Waals surface area contributed by atoms with Crippen LogP contribution < -0.4 is 5.32 Å². The molecule has 0 atom stereocenters. The molecule has 0 aromatic heterocycles. The molecule has 0 amide bonds. The van der Waals surface area contributed by atoms with Crippen molar-refractivity contribution in [2.75, 3.05) is 20.1 Å². The van der Waals surface area contributed by atoms with E-state index in [2.05, 4.69) is 5.32 Å². The second-order valence-corrected chi connectivity index (χ2v) is 6.57. The molecule has 120 valence electrons. The average Bonchev–Trinajstić information content (AvgIpc) is 2.38. The zero-order valence-corrected chi connectivity index (χ0v) is 12.8. The fourth-order valence-electron chi connectivity index (χ4n) is 1.87. The molecule has 0 radical (unpaired) electrons. The van der Waals surface area contributed by atoms with E-state index in [1.165, 1.54) is 12.1 Å². The van der Waals surface area contributed by atoms with Crippen molar-refractivity contribution in [3.63, 3.8) is 0 Å². The number of hydrogen-bond acceptors (Lipinski definition) is 3. The molecule has 1 N–H and O–H groups in total. The first-order valence-electron chi connectivity index (χ1n) is 6.51. The zero-order chi connectivity index (χ0) is 16.1. The highest BCUT2D eigenvalue weighted by Crippen LogP contribution is 2.23. The van der Waals surface area contributed by atoms with Gasteiger partial charge in [0.25, 0.3) is 0 Å². The summed E-state index contributed by atoms with van der Waals surface area (Å²) < 4.78 is 62.6. The number of nitrogens with one attached hydrogen (secondary N) is 1. The smallest absolute Gasteiger partial charge is 0.316 e. The van der Waals surface area contributed by atoms with Crippen LogP contribution in [0.2, 0.25) is 0 Å². The first-order chi connectivity index (χ1) is 9.70. The van der Waals surface area contributed by atoms with E-state index in [-0.39, 0.29) is 11.4 Å². The van der Waals surface area contributed by atoms with Gasteiger partial charge in [0.2, 0.25) is 10.0 Å². The summed E-state index contributed by atoms with van der Waals surface area (Å²) in [6, 6.07) is 5.84. The van der Waals surface area contributed by atoms with Gasteiger partial charge < -0.3 is 5.32 Å². The summed E-state index contributed by atoms with van der Waals surface area (Å²) in [5.74, 6) is 0. The molecule has 1 rings (SSSR count). The van der Waals surface area contributed by atoms with E-state index in [1.54, 1.807) is 26.1 Å². The van der Waals surface area contributed by atoms with E-state index < -0.39 is 22.7 Å². The maximum absolute atomic E-state index is 12.5. The van der Waals surface area contributed by atoms with Gasteiger partial charge in [0.1, 0.15) is 6.54 Å². The summed E-state index contributed by atoms with van der Waals surface area (Å²) in [6.45, 7) is 0.554. The Balaban J connectivity index is 3.04. The normalized spacial score (nSPS) is 12.9. The van der Waals surface area contributed by atoms with E-state index in [1.807, 2.05) is 0 Å². The Morgan fingerprint density at radius 2 is 1.76 bits per heavy atom. The highest BCUT2D eigenvalue weighted by Gasteiger charge is 2.36. The van der Waals surface area contributed by atoms with Gasteiger partial charge in [-0.25, -0.2) is 8.42 Å². The van der Waals surface area contributed by atoms with Gasteiger partial charge >= 0.3 is 6.18 Å². The predicted molar refractivity (Wildman–Crippen MR) is 74.3 cm³/mol. The lowest BCUT2D eigenvalue weighted by Crippen LogP contribution is -2.39. The van der Waals surface area contributed by atoms with Gasteiger partial charge in [-0.05, 0) is 31.2 Å². The van der Waals surface area contributed by atoms with E-state index in [0.29, 0.717) is 17.3 Å². The van der Waals surface area contributed by atoms with E-state index in [4.69, 9.17) is 0 Å². The van der Waals surface area contributed by atoms with Crippen LogP contribution in [0.5, 0.6) is 0 Å². The van der Waals surface area contributed by atoms with Crippen LogP contribution in [-0.2, 0) is 16.6 Å². The van der Waals surface area contributed by atoms with Crippen LogP contribution >= 0.6 is 0 Å². The van der Waals surface area contributed by atoms with Crippen molar-refractivity contribution in [3.05, 3.63) is 29.8 Å². The molecular formula is C13H19F3N2O2S. The van der Waals surface area contributed by atoms with Crippen LogP contribution in [-0.4, -0.2) is 39.0 Å². The predicted octanol–water partition coefficient (Wildman–Crippen LogP) is 2.37. The van der Waals surface area contributed by atoms with Crippen LogP contribution in [0, 0.1) is 0 Å². The summed E-state index contributed by atoms with van der Waals surface area (Å²) in [4.78, 5) is -0.125. The largest absolute Gasteiger partial charge is 0.402 e. The summed E-state index contributed by atoms with van der Waals surface area (Å²) >= 11 is 0. The van der Waals surface area contributed by atoms with Crippen molar-refractivity contribution in [1.29, 1.82) is 0 Å². The topological polar surface area (TPSA) is 49.4 Å². The van der Waals surface area contributed by atoms with E-state index in [0.717, 1.165) is 5.56 Å². The number of hydrogen-bond donors (Lipinski definition) is 1. The Morgan fingerprint density at radius 1 is 1.19 bits per heavy atom. The van der Waals surface area contributed by atoms with Gasteiger partial charge in [-0.3, -0.25) is 0 Å². The molecular weight excluding hydrogens is 305 g/mol. The third kappa shape index (κ3) is 5.29. The summed E-state index contributed by atoms with van der Waals surface area (Å²) in [5, 5.41) is 2.91. The molecule has 4 nitrogen and oxygen atoms in total. The molecule has 0 heterocycles. The number of sulfonamides is 1. The monoisotopic (exact) mass is 324 g/mol. The Hall–Kier alpha value is -1.12. The molecule has 0 unspecified atom stereocenters. The average molecular weight is 324 g/mol. The van der Waals surface area contributed by atoms with Crippen LogP contribution in [0.3, 0.4) is 0 Å². The molecule has 0 aliphatic heterocycles. The minimum atomic E-state index is -4.56. The van der Waals surface area contributed by atoms with Gasteiger partial charge in [-0.2, -0.15) is 17.5 Å². The first-order valence-corrected chi connectivity index (χ1v) is 7.95. The number of rotatable bonds is 7. The fourth-order valence-corrected chi connectivity index (χ4v) is 3.38. The van der Waals surface area contributed by atoms with Gasteiger partial charge in [-0.15, -0.1) is 0 Å². The maximum atomic E-state index is 12.5. The minimum absolute atomic E-state index is 0.125. The van der Waals surface area contributed by atoms with Crippen molar-refractivity contribution in [3.8, 4) is 0 Å². The molecule has 0 aliphatic rings. The number of halogens is 3. The molecule has 0 aliphatic carbocycles. The SMILES string of the molecule is CCCN(CC(F)(F)F)S(=O)(=O)c1ccc(CNC)cc1. The molecule has 0 saturated carbocycles. The quantitative estimate of drug-likeness (QED) is 0.838. The van der Waals surface area contributed by atoms with Gasteiger partial charge in [-0.1, -0.05) is 19.1 Å². The number of alkyl halides is 3. The van der Waals surface area contributed by atoms with Crippen LogP contribution in [0.25, 0.3) is 0 Å². The second kappa shape index (κ2) is 7.24. The van der Waals surface area contributed by atoms with E-state index >= 15 is 0 Å². The molecule has 1 aromatic carbocycles. The fraction of sp³-hybridized carbons (Fsp3) is 0.538. The number of benzene rings is 1. The zero-order valence-electron chi connectivity index (χ0n) is 11.9. The van der Waals surface area contributed by atoms with Crippen molar-refractivity contribution < 1.29 is 21.6 Å². The maximum Gasteiger partial charge on any atom is 0.402 e. The Kier molecular flexibility index (Phi) is 6.18. The highest BCUT2D eigenvalue weighted by molar-refractivity contribution is 7.89.